The molecular weight excluding hydrogens is 729 g/mol. The summed E-state index contributed by atoms with van der Waals surface area (Å²) in [6.07, 6.45) is 2.59. The third-order valence-corrected chi connectivity index (χ3v) is 9.00. The van der Waals surface area contributed by atoms with Crippen molar-refractivity contribution in [3.8, 4) is 0 Å². The van der Waals surface area contributed by atoms with Gasteiger partial charge in [-0.3, -0.25) is 17.7 Å². The van der Waals surface area contributed by atoms with E-state index in [1.54, 1.807) is 34.9 Å². The van der Waals surface area contributed by atoms with E-state index in [0.717, 1.165) is 18.1 Å². The van der Waals surface area contributed by atoms with Gasteiger partial charge in [-0.05, 0) is 17.7 Å². The van der Waals surface area contributed by atoms with Gasteiger partial charge in [-0.25, -0.2) is 15.0 Å². The fourth-order valence-corrected chi connectivity index (χ4v) is 6.80. The van der Waals surface area contributed by atoms with E-state index in [1.165, 1.54) is 12.7 Å². The Labute approximate surface area is 267 Å². The average molecular weight is 758 g/mol. The number of hydrogen-bond donors (Lipinski definition) is 1. The molecule has 0 saturated carbocycles. The summed E-state index contributed by atoms with van der Waals surface area (Å²) in [5.74, 6) is -0.233. The molecule has 1 aliphatic heterocycles. The van der Waals surface area contributed by atoms with Crippen molar-refractivity contribution in [2.45, 2.75) is 28.5 Å². The van der Waals surface area contributed by atoms with Gasteiger partial charge < -0.3 is 14.8 Å². The number of carbonyl (C=O) groups is 1. The van der Waals surface area contributed by atoms with E-state index in [2.05, 4.69) is 42.9 Å². The van der Waals surface area contributed by atoms with Gasteiger partial charge in [0.25, 0.3) is 26.1 Å². The number of carbonyl (C=O) groups excluding carboxylic acids is 1. The van der Waals surface area contributed by atoms with Crippen LogP contribution in [0.1, 0.15) is 22.1 Å². The van der Waals surface area contributed by atoms with Gasteiger partial charge >= 0.3 is 0 Å². The summed E-state index contributed by atoms with van der Waals surface area (Å²) < 4.78 is 72.4. The van der Waals surface area contributed by atoms with Crippen LogP contribution < -0.4 is 5.32 Å². The van der Waals surface area contributed by atoms with Crippen LogP contribution in [0.2, 0.25) is 0 Å². The van der Waals surface area contributed by atoms with Crippen molar-refractivity contribution in [1.29, 1.82) is 0 Å². The highest BCUT2D eigenvalue weighted by atomic mass is 127. The van der Waals surface area contributed by atoms with E-state index in [0.29, 0.717) is 11.2 Å². The predicted molar refractivity (Wildman–Crippen MR) is 167 cm³/mol. The normalized spacial score (nSPS) is 20.1. The molecule has 3 heterocycles. The van der Waals surface area contributed by atoms with Gasteiger partial charge in [-0.1, -0.05) is 71.1 Å². The van der Waals surface area contributed by atoms with Crippen molar-refractivity contribution in [2.24, 2.45) is 0 Å². The third kappa shape index (κ3) is 7.59. The molecule has 1 N–H and O–H groups in total. The number of alkyl halides is 1. The van der Waals surface area contributed by atoms with E-state index < -0.39 is 61.2 Å². The summed E-state index contributed by atoms with van der Waals surface area (Å²) in [6.45, 7) is -1.10. The van der Waals surface area contributed by atoms with E-state index in [1.807, 2.05) is 30.3 Å². The van der Waals surface area contributed by atoms with Crippen molar-refractivity contribution in [2.75, 3.05) is 31.0 Å². The van der Waals surface area contributed by atoms with E-state index in [4.69, 9.17) is 17.8 Å². The maximum absolute atomic E-state index is 12.8. The first-order valence-corrected chi connectivity index (χ1v) is 17.9. The van der Waals surface area contributed by atoms with Crippen LogP contribution in [0.3, 0.4) is 0 Å². The molecule has 0 bridgehead atoms. The lowest BCUT2D eigenvalue weighted by atomic mass is 9.98. The van der Waals surface area contributed by atoms with Gasteiger partial charge in [0.1, 0.15) is 31.2 Å². The average Bonchev–Trinajstić information content (AvgIpc) is 3.53. The quantitative estimate of drug-likeness (QED) is 0.127. The fourth-order valence-electron chi connectivity index (χ4n) is 4.61. The molecule has 5 rings (SSSR count). The van der Waals surface area contributed by atoms with E-state index in [9.17, 15) is 21.6 Å². The number of amides is 1. The molecule has 17 heteroatoms. The Morgan fingerprint density at radius 1 is 0.955 bits per heavy atom. The molecule has 0 aliphatic carbocycles. The lowest BCUT2D eigenvalue weighted by molar-refractivity contribution is -0.152. The summed E-state index contributed by atoms with van der Waals surface area (Å²) >= 11 is 2.09. The van der Waals surface area contributed by atoms with Crippen LogP contribution in [0.15, 0.2) is 73.3 Å². The molecule has 44 heavy (non-hydrogen) atoms. The van der Waals surface area contributed by atoms with Gasteiger partial charge in [0.15, 0.2) is 23.2 Å². The molecule has 2 aromatic carbocycles. The van der Waals surface area contributed by atoms with Crippen molar-refractivity contribution in [3.63, 3.8) is 0 Å². The molecule has 1 amide bonds. The number of fused-ring (bicyclic) bond motifs is 1. The minimum Gasteiger partial charge on any atom is -0.369 e. The Hall–Kier alpha value is -3.07. The number of benzene rings is 2. The summed E-state index contributed by atoms with van der Waals surface area (Å²) in [6, 6.07) is 17.8. The number of aromatic nitrogens is 4. The predicted octanol–water partition coefficient (Wildman–Crippen LogP) is 2.69. The highest BCUT2D eigenvalue weighted by Gasteiger charge is 2.57. The molecule has 234 valence electrons. The van der Waals surface area contributed by atoms with Crippen LogP contribution >= 0.6 is 22.6 Å². The van der Waals surface area contributed by atoms with Gasteiger partial charge in [0, 0.05) is 5.56 Å². The van der Waals surface area contributed by atoms with Crippen LogP contribution in [-0.4, -0.2) is 83.6 Å². The summed E-state index contributed by atoms with van der Waals surface area (Å²) in [5, 5.41) is 2.75. The zero-order chi connectivity index (χ0) is 31.5. The molecule has 3 atom stereocenters. The molecule has 2 aromatic heterocycles. The first-order chi connectivity index (χ1) is 20.9. The SMILES string of the molecule is CS(=O)(=O)OCC1(COS(C)(=O)=O)OC(n2cnc3c(NC(=O)c4ccccc4)ncnc32)C(I)[C@H]1OCc1ccccc1. The Kier molecular flexibility index (Phi) is 9.64. The third-order valence-electron chi connectivity index (χ3n) is 6.64. The Bertz CT molecular complexity index is 1810. The smallest absolute Gasteiger partial charge is 0.264 e. The minimum atomic E-state index is -3.98. The Balaban J connectivity index is 1.52. The monoisotopic (exact) mass is 757 g/mol. The lowest BCUT2D eigenvalue weighted by Gasteiger charge is -2.33. The van der Waals surface area contributed by atoms with Crippen LogP contribution in [0.4, 0.5) is 5.82 Å². The molecule has 1 fully saturated rings. The molecule has 14 nitrogen and oxygen atoms in total. The number of nitrogens with one attached hydrogen (secondary N) is 1. The summed E-state index contributed by atoms with van der Waals surface area (Å²) in [7, 11) is -7.96. The highest BCUT2D eigenvalue weighted by molar-refractivity contribution is 14.1. The second-order valence-corrected chi connectivity index (χ2v) is 14.8. The highest BCUT2D eigenvalue weighted by Crippen LogP contribution is 2.45. The first kappa shape index (κ1) is 32.3. The summed E-state index contributed by atoms with van der Waals surface area (Å²) in [5.41, 5.74) is 0.0979. The van der Waals surface area contributed by atoms with Crippen LogP contribution in [0.5, 0.6) is 0 Å². The first-order valence-electron chi connectivity index (χ1n) is 13.1. The van der Waals surface area contributed by atoms with Gasteiger partial charge in [-0.2, -0.15) is 16.8 Å². The lowest BCUT2D eigenvalue weighted by Crippen LogP contribution is -2.51. The molecular formula is C27H28IN5O9S2. The van der Waals surface area contributed by atoms with E-state index >= 15 is 0 Å². The number of hydrogen-bond acceptors (Lipinski definition) is 12. The molecule has 2 unspecified atom stereocenters. The summed E-state index contributed by atoms with van der Waals surface area (Å²) in [4.78, 5) is 25.8. The van der Waals surface area contributed by atoms with Gasteiger partial charge in [0.2, 0.25) is 0 Å². The van der Waals surface area contributed by atoms with Gasteiger partial charge in [-0.15, -0.1) is 0 Å². The number of imidazole rings is 1. The molecule has 0 radical (unpaired) electrons. The molecule has 1 aliphatic rings. The van der Waals surface area contributed by atoms with Crippen molar-refractivity contribution in [1.82, 2.24) is 19.5 Å². The topological polar surface area (TPSA) is 178 Å². The minimum absolute atomic E-state index is 0.100. The zero-order valence-corrected chi connectivity index (χ0v) is 27.2. The zero-order valence-electron chi connectivity index (χ0n) is 23.4. The Morgan fingerprint density at radius 2 is 1.57 bits per heavy atom. The largest absolute Gasteiger partial charge is 0.369 e. The van der Waals surface area contributed by atoms with Crippen molar-refractivity contribution < 1.29 is 39.5 Å². The van der Waals surface area contributed by atoms with E-state index in [-0.39, 0.29) is 17.9 Å². The van der Waals surface area contributed by atoms with Crippen LogP contribution in [-0.2, 0) is 44.7 Å². The van der Waals surface area contributed by atoms with Crippen LogP contribution in [0.25, 0.3) is 11.2 Å². The maximum Gasteiger partial charge on any atom is 0.264 e. The Morgan fingerprint density at radius 3 is 2.18 bits per heavy atom. The number of halogens is 1. The second-order valence-electron chi connectivity index (χ2n) is 10.0. The second kappa shape index (κ2) is 13.1. The standard InChI is InChI=1S/C27H28IN5O9S2/c1-43(35,36)40-14-27(15-41-44(2,37)38)22(39-13-18-9-5-3-6-10-18)20(28)26(42-27)33-17-31-21-23(29-16-30-24(21)33)32-25(34)19-11-7-4-8-12-19/h3-12,16-17,20,22,26H,13-15H2,1-2H3,(H,29,30,32,34)/t20?,22-,26?/m1/s1. The van der Waals surface area contributed by atoms with Crippen LogP contribution in [0, 0.1) is 0 Å². The molecule has 0 spiro atoms. The fraction of sp³-hybridized carbons (Fsp3) is 0.333. The molecule has 4 aromatic rings. The van der Waals surface area contributed by atoms with Crippen molar-refractivity contribution in [3.05, 3.63) is 84.4 Å². The molecule has 1 saturated heterocycles. The number of nitrogens with zero attached hydrogens (tertiary/aromatic N) is 4. The number of rotatable bonds is 12. The number of anilines is 1. The maximum atomic E-state index is 12.8. The van der Waals surface area contributed by atoms with Crippen molar-refractivity contribution >= 4 is 65.7 Å². The number of ether oxygens (including phenoxy) is 2. The van der Waals surface area contributed by atoms with Gasteiger partial charge in [0.05, 0.1) is 29.4 Å².